The molecule has 0 bridgehead atoms. The second kappa shape index (κ2) is 7.17. The number of aromatic nitrogens is 2. The van der Waals surface area contributed by atoms with Crippen LogP contribution in [0.4, 0.5) is 0 Å². The van der Waals surface area contributed by atoms with Crippen LogP contribution in [0.3, 0.4) is 0 Å². The molecular weight excluding hydrogens is 316 g/mol. The molecule has 0 aliphatic carbocycles. The summed E-state index contributed by atoms with van der Waals surface area (Å²) in [5.74, 6) is 1.44. The summed E-state index contributed by atoms with van der Waals surface area (Å²) < 4.78 is 7.21. The molecule has 0 saturated heterocycles. The van der Waals surface area contributed by atoms with Crippen LogP contribution < -0.4 is 10.2 Å². The molecule has 0 unspecified atom stereocenters. The third kappa shape index (κ3) is 3.52. The average Bonchev–Trinajstić information content (AvgIpc) is 2.96. The Hall–Kier alpha value is -3.15. The van der Waals surface area contributed by atoms with E-state index in [4.69, 9.17) is 4.74 Å². The number of aryl methyl sites for hydroxylation is 2. The van der Waals surface area contributed by atoms with Gasteiger partial charge in [-0.1, -0.05) is 0 Å². The maximum atomic E-state index is 12.3. The van der Waals surface area contributed by atoms with Gasteiger partial charge in [-0.15, -0.1) is 0 Å². The van der Waals surface area contributed by atoms with Gasteiger partial charge in [0.25, 0.3) is 5.91 Å². The van der Waals surface area contributed by atoms with E-state index in [1.165, 1.54) is 0 Å². The lowest BCUT2D eigenvalue weighted by Gasteiger charge is -2.03. The van der Waals surface area contributed by atoms with E-state index in [2.05, 4.69) is 27.0 Å². The molecule has 128 valence electrons. The molecule has 0 saturated carbocycles. The van der Waals surface area contributed by atoms with Gasteiger partial charge in [0.2, 0.25) is 0 Å². The zero-order valence-corrected chi connectivity index (χ0v) is 14.5. The van der Waals surface area contributed by atoms with Crippen molar-refractivity contribution in [3.8, 4) is 5.75 Å². The molecule has 1 heterocycles. The number of rotatable bonds is 5. The van der Waals surface area contributed by atoms with Crippen molar-refractivity contribution in [2.75, 3.05) is 7.11 Å². The Balaban J connectivity index is 1.72. The molecule has 0 aliphatic heterocycles. The van der Waals surface area contributed by atoms with Crippen LogP contribution in [0.5, 0.6) is 5.75 Å². The topological polar surface area (TPSA) is 68.5 Å². The molecule has 0 atom stereocenters. The van der Waals surface area contributed by atoms with Gasteiger partial charge in [-0.25, -0.2) is 10.4 Å². The first kappa shape index (κ1) is 16.7. The van der Waals surface area contributed by atoms with Crippen LogP contribution in [0.2, 0.25) is 0 Å². The summed E-state index contributed by atoms with van der Waals surface area (Å²) in [4.78, 5) is 16.8. The van der Waals surface area contributed by atoms with E-state index in [-0.39, 0.29) is 5.91 Å². The van der Waals surface area contributed by atoms with Crippen molar-refractivity contribution in [1.29, 1.82) is 0 Å². The van der Waals surface area contributed by atoms with E-state index < -0.39 is 0 Å². The van der Waals surface area contributed by atoms with Crippen LogP contribution in [-0.4, -0.2) is 28.8 Å². The quantitative estimate of drug-likeness (QED) is 0.575. The van der Waals surface area contributed by atoms with E-state index in [9.17, 15) is 4.79 Å². The number of fused-ring (bicyclic) bond motifs is 1. The van der Waals surface area contributed by atoms with E-state index in [0.717, 1.165) is 34.7 Å². The summed E-state index contributed by atoms with van der Waals surface area (Å²) in [5.41, 5.74) is 5.78. The average molecular weight is 336 g/mol. The Morgan fingerprint density at radius 3 is 2.72 bits per heavy atom. The smallest absolute Gasteiger partial charge is 0.271 e. The van der Waals surface area contributed by atoms with Gasteiger partial charge in [-0.05, 0) is 61.9 Å². The van der Waals surface area contributed by atoms with Gasteiger partial charge in [0.05, 0.1) is 24.4 Å². The second-order valence-electron chi connectivity index (χ2n) is 5.58. The zero-order chi connectivity index (χ0) is 17.8. The number of carbonyl (C=O) groups excluding carboxylic acids is 1. The third-order valence-electron chi connectivity index (χ3n) is 4.01. The van der Waals surface area contributed by atoms with Crippen molar-refractivity contribution < 1.29 is 9.53 Å². The SMILES string of the molecule is CCn1c(C)nc2cc(C(=O)NN=Cc3ccc(OC)cc3)ccc21. The highest BCUT2D eigenvalue weighted by Gasteiger charge is 2.10. The summed E-state index contributed by atoms with van der Waals surface area (Å²) in [6.07, 6.45) is 1.59. The van der Waals surface area contributed by atoms with E-state index in [0.29, 0.717) is 5.56 Å². The number of nitrogens with one attached hydrogen (secondary N) is 1. The van der Waals surface area contributed by atoms with Crippen LogP contribution in [0.25, 0.3) is 11.0 Å². The molecule has 0 radical (unpaired) electrons. The molecule has 0 aliphatic rings. The lowest BCUT2D eigenvalue weighted by molar-refractivity contribution is 0.0955. The number of hydrogen-bond donors (Lipinski definition) is 1. The number of imidazole rings is 1. The number of hydrogen-bond acceptors (Lipinski definition) is 4. The standard InChI is InChI=1S/C19H20N4O2/c1-4-23-13(2)21-17-11-15(7-10-18(17)23)19(24)22-20-12-14-5-8-16(25-3)9-6-14/h5-12H,4H2,1-3H3,(H,22,24). The number of hydrazone groups is 1. The fourth-order valence-corrected chi connectivity index (χ4v) is 2.71. The van der Waals surface area contributed by atoms with Gasteiger partial charge in [-0.3, -0.25) is 4.79 Å². The fourth-order valence-electron chi connectivity index (χ4n) is 2.71. The summed E-state index contributed by atoms with van der Waals surface area (Å²) in [6, 6.07) is 12.9. The Morgan fingerprint density at radius 2 is 2.04 bits per heavy atom. The fraction of sp³-hybridized carbons (Fsp3) is 0.211. The van der Waals surface area contributed by atoms with Crippen molar-refractivity contribution in [2.24, 2.45) is 5.10 Å². The first-order valence-corrected chi connectivity index (χ1v) is 8.06. The van der Waals surface area contributed by atoms with Crippen molar-refractivity contribution >= 4 is 23.2 Å². The van der Waals surface area contributed by atoms with E-state index >= 15 is 0 Å². The second-order valence-corrected chi connectivity index (χ2v) is 5.58. The lowest BCUT2D eigenvalue weighted by Crippen LogP contribution is -2.17. The molecule has 3 rings (SSSR count). The van der Waals surface area contributed by atoms with Gasteiger partial charge in [0, 0.05) is 12.1 Å². The molecule has 0 spiro atoms. The molecule has 0 fully saturated rings. The van der Waals surface area contributed by atoms with Gasteiger partial charge < -0.3 is 9.30 Å². The highest BCUT2D eigenvalue weighted by Crippen LogP contribution is 2.17. The molecule has 1 amide bonds. The van der Waals surface area contributed by atoms with Crippen molar-refractivity contribution in [3.63, 3.8) is 0 Å². The van der Waals surface area contributed by atoms with Crippen molar-refractivity contribution in [3.05, 3.63) is 59.4 Å². The van der Waals surface area contributed by atoms with Crippen LogP contribution in [0, 0.1) is 6.92 Å². The molecule has 25 heavy (non-hydrogen) atoms. The minimum Gasteiger partial charge on any atom is -0.497 e. The number of carbonyl (C=O) groups is 1. The van der Waals surface area contributed by atoms with E-state index in [1.54, 1.807) is 25.5 Å². The molecule has 6 heteroatoms. The number of ether oxygens (including phenoxy) is 1. The summed E-state index contributed by atoms with van der Waals surface area (Å²) >= 11 is 0. The third-order valence-corrected chi connectivity index (χ3v) is 4.01. The zero-order valence-electron chi connectivity index (χ0n) is 14.5. The van der Waals surface area contributed by atoms with Gasteiger partial charge in [0.1, 0.15) is 11.6 Å². The van der Waals surface area contributed by atoms with Gasteiger partial charge in [-0.2, -0.15) is 5.10 Å². The predicted molar refractivity (Wildman–Crippen MR) is 98.2 cm³/mol. The van der Waals surface area contributed by atoms with Crippen molar-refractivity contribution in [1.82, 2.24) is 15.0 Å². The summed E-state index contributed by atoms with van der Waals surface area (Å²) in [7, 11) is 1.62. The van der Waals surface area contributed by atoms with Gasteiger partial charge in [0.15, 0.2) is 0 Å². The molecule has 2 aromatic carbocycles. The van der Waals surface area contributed by atoms with Crippen LogP contribution >= 0.6 is 0 Å². The molecule has 3 aromatic rings. The van der Waals surface area contributed by atoms with Crippen LogP contribution in [-0.2, 0) is 6.54 Å². The molecule has 1 aromatic heterocycles. The Labute approximate surface area is 146 Å². The summed E-state index contributed by atoms with van der Waals surface area (Å²) in [5, 5.41) is 4.00. The number of methoxy groups -OCH3 is 1. The van der Waals surface area contributed by atoms with E-state index in [1.807, 2.05) is 37.3 Å². The molecule has 1 N–H and O–H groups in total. The monoisotopic (exact) mass is 336 g/mol. The maximum absolute atomic E-state index is 12.3. The maximum Gasteiger partial charge on any atom is 0.271 e. The van der Waals surface area contributed by atoms with Crippen LogP contribution in [0.1, 0.15) is 28.7 Å². The normalized spacial score (nSPS) is 11.2. The Kier molecular flexibility index (Phi) is 4.79. The minimum absolute atomic E-state index is 0.268. The van der Waals surface area contributed by atoms with Crippen molar-refractivity contribution in [2.45, 2.75) is 20.4 Å². The number of nitrogens with zero attached hydrogens (tertiary/aromatic N) is 3. The predicted octanol–water partition coefficient (Wildman–Crippen LogP) is 3.14. The largest absolute Gasteiger partial charge is 0.497 e. The van der Waals surface area contributed by atoms with Crippen LogP contribution in [0.15, 0.2) is 47.6 Å². The number of amides is 1. The first-order valence-electron chi connectivity index (χ1n) is 8.06. The molecule has 6 nitrogen and oxygen atoms in total. The lowest BCUT2D eigenvalue weighted by atomic mass is 10.2. The Bertz CT molecular complexity index is 926. The first-order chi connectivity index (χ1) is 12.1. The minimum atomic E-state index is -0.268. The Morgan fingerprint density at radius 1 is 1.28 bits per heavy atom. The highest BCUT2D eigenvalue weighted by molar-refractivity contribution is 5.97. The highest BCUT2D eigenvalue weighted by atomic mass is 16.5. The molecular formula is C19H20N4O2. The van der Waals surface area contributed by atoms with Gasteiger partial charge >= 0.3 is 0 Å². The summed E-state index contributed by atoms with van der Waals surface area (Å²) in [6.45, 7) is 4.88. The number of benzene rings is 2.